The zero-order chi connectivity index (χ0) is 16.0. The van der Waals surface area contributed by atoms with E-state index in [-0.39, 0.29) is 21.2 Å². The van der Waals surface area contributed by atoms with Gasteiger partial charge >= 0.3 is 0 Å². The molecule has 3 rings (SSSR count). The van der Waals surface area contributed by atoms with Gasteiger partial charge in [-0.25, -0.2) is 4.39 Å². The highest BCUT2D eigenvalue weighted by Gasteiger charge is 2.17. The number of benzene rings is 2. The van der Waals surface area contributed by atoms with Crippen LogP contribution in [0.1, 0.15) is 0 Å². The lowest BCUT2D eigenvalue weighted by Crippen LogP contribution is -2.01. The summed E-state index contributed by atoms with van der Waals surface area (Å²) in [6.07, 6.45) is 0. The van der Waals surface area contributed by atoms with E-state index in [1.165, 1.54) is 18.2 Å². The van der Waals surface area contributed by atoms with Gasteiger partial charge in [-0.2, -0.15) is 0 Å². The number of phenolic OH excluding ortho intramolecular Hbond substituents is 3. The number of hydrogen-bond acceptors (Lipinski definition) is 5. The van der Waals surface area contributed by atoms with E-state index in [1.54, 1.807) is 0 Å². The number of phenols is 3. The largest absolute Gasteiger partial charge is 0.504 e. The van der Waals surface area contributed by atoms with E-state index in [1.807, 2.05) is 0 Å². The minimum atomic E-state index is -0.794. The van der Waals surface area contributed by atoms with Crippen molar-refractivity contribution in [2.24, 2.45) is 0 Å². The minimum absolute atomic E-state index is 0.101. The van der Waals surface area contributed by atoms with Gasteiger partial charge in [0.1, 0.15) is 22.5 Å². The summed E-state index contributed by atoms with van der Waals surface area (Å²) in [4.78, 5) is 12.1. The van der Waals surface area contributed by atoms with Crippen LogP contribution in [0.3, 0.4) is 0 Å². The van der Waals surface area contributed by atoms with Crippen LogP contribution in [0.4, 0.5) is 4.39 Å². The Kier molecular flexibility index (Phi) is 3.29. The molecule has 1 aromatic heterocycles. The van der Waals surface area contributed by atoms with Gasteiger partial charge in [-0.15, -0.1) is 0 Å². The molecule has 0 unspecified atom stereocenters. The van der Waals surface area contributed by atoms with Gasteiger partial charge in [-0.05, 0) is 34.1 Å². The third-order valence-corrected chi connectivity index (χ3v) is 3.76. The van der Waals surface area contributed by atoms with E-state index < -0.39 is 28.5 Å². The molecule has 0 saturated heterocycles. The van der Waals surface area contributed by atoms with Crippen molar-refractivity contribution in [1.29, 1.82) is 0 Å². The van der Waals surface area contributed by atoms with Crippen molar-refractivity contribution in [3.63, 3.8) is 0 Å². The van der Waals surface area contributed by atoms with E-state index in [9.17, 15) is 24.5 Å². The van der Waals surface area contributed by atoms with Gasteiger partial charge in [0.15, 0.2) is 16.9 Å². The summed E-state index contributed by atoms with van der Waals surface area (Å²) in [5.74, 6) is -2.51. The molecule has 0 aliphatic carbocycles. The van der Waals surface area contributed by atoms with Crippen molar-refractivity contribution in [3.8, 4) is 28.6 Å². The molecule has 7 heteroatoms. The van der Waals surface area contributed by atoms with Crippen molar-refractivity contribution in [3.05, 3.63) is 50.8 Å². The maximum atomic E-state index is 13.3. The molecule has 0 saturated carbocycles. The van der Waals surface area contributed by atoms with Crippen molar-refractivity contribution in [1.82, 2.24) is 0 Å². The Morgan fingerprint density at radius 3 is 2.45 bits per heavy atom. The van der Waals surface area contributed by atoms with E-state index in [0.29, 0.717) is 5.56 Å². The lowest BCUT2D eigenvalue weighted by Gasteiger charge is -2.07. The molecule has 0 aliphatic rings. The number of rotatable bonds is 1. The van der Waals surface area contributed by atoms with Crippen LogP contribution in [0, 0.1) is 5.82 Å². The van der Waals surface area contributed by atoms with Gasteiger partial charge in [0, 0.05) is 17.7 Å². The number of hydrogen-bond donors (Lipinski definition) is 3. The van der Waals surface area contributed by atoms with Gasteiger partial charge in [0.05, 0.1) is 4.47 Å². The third-order valence-electron chi connectivity index (χ3n) is 3.15. The van der Waals surface area contributed by atoms with Crippen molar-refractivity contribution in [2.45, 2.75) is 0 Å². The highest BCUT2D eigenvalue weighted by atomic mass is 79.9. The molecule has 1 heterocycles. The number of halogens is 2. The van der Waals surface area contributed by atoms with E-state index >= 15 is 0 Å². The summed E-state index contributed by atoms with van der Waals surface area (Å²) in [5, 5.41) is 28.4. The Labute approximate surface area is 131 Å². The first kappa shape index (κ1) is 14.4. The average Bonchev–Trinajstić information content (AvgIpc) is 2.47. The molecule has 0 radical (unpaired) electrons. The maximum Gasteiger partial charge on any atom is 0.201 e. The monoisotopic (exact) mass is 366 g/mol. The third kappa shape index (κ3) is 2.19. The molecular weight excluding hydrogens is 359 g/mol. The van der Waals surface area contributed by atoms with E-state index in [2.05, 4.69) is 15.9 Å². The quantitative estimate of drug-likeness (QED) is 0.573. The van der Waals surface area contributed by atoms with Crippen LogP contribution in [0.2, 0.25) is 0 Å². The first-order valence-electron chi connectivity index (χ1n) is 6.05. The molecule has 3 aromatic rings. The predicted octanol–water partition coefficient (Wildman–Crippen LogP) is 3.48. The molecule has 112 valence electrons. The molecule has 5 nitrogen and oxygen atoms in total. The van der Waals surface area contributed by atoms with Crippen LogP contribution in [0.15, 0.2) is 44.0 Å². The molecular formula is C15H8BrFO5. The Morgan fingerprint density at radius 2 is 1.77 bits per heavy atom. The van der Waals surface area contributed by atoms with Gasteiger partial charge < -0.3 is 19.7 Å². The molecule has 0 spiro atoms. The van der Waals surface area contributed by atoms with Gasteiger partial charge in [0.2, 0.25) is 5.75 Å². The fraction of sp³-hybridized carbons (Fsp3) is 0. The first-order valence-corrected chi connectivity index (χ1v) is 6.85. The summed E-state index contributed by atoms with van der Waals surface area (Å²) in [5.41, 5.74) is -0.278. The molecule has 0 fully saturated rings. The summed E-state index contributed by atoms with van der Waals surface area (Å²) in [7, 11) is 0. The molecule has 0 bridgehead atoms. The maximum absolute atomic E-state index is 13.3. The molecule has 0 aliphatic heterocycles. The van der Waals surface area contributed by atoms with E-state index in [4.69, 9.17) is 4.42 Å². The lowest BCUT2D eigenvalue weighted by atomic mass is 10.1. The Morgan fingerprint density at radius 1 is 1.05 bits per heavy atom. The van der Waals surface area contributed by atoms with Crippen molar-refractivity contribution >= 4 is 26.9 Å². The van der Waals surface area contributed by atoms with Crippen molar-refractivity contribution in [2.75, 3.05) is 0 Å². The summed E-state index contributed by atoms with van der Waals surface area (Å²) in [6.45, 7) is 0. The van der Waals surface area contributed by atoms with Gasteiger partial charge in [-0.3, -0.25) is 4.79 Å². The fourth-order valence-electron chi connectivity index (χ4n) is 2.07. The Balaban J connectivity index is 2.31. The molecule has 0 amide bonds. The molecule has 0 atom stereocenters. The van der Waals surface area contributed by atoms with Crippen LogP contribution in [-0.4, -0.2) is 15.3 Å². The second-order valence-electron chi connectivity index (χ2n) is 4.57. The summed E-state index contributed by atoms with van der Waals surface area (Å²) >= 11 is 3.04. The Bertz CT molecular complexity index is 964. The van der Waals surface area contributed by atoms with Gasteiger partial charge in [-0.1, -0.05) is 0 Å². The van der Waals surface area contributed by atoms with Crippen LogP contribution < -0.4 is 5.43 Å². The van der Waals surface area contributed by atoms with Crippen LogP contribution in [0.25, 0.3) is 22.3 Å². The highest BCUT2D eigenvalue weighted by molar-refractivity contribution is 9.10. The second kappa shape index (κ2) is 5.03. The molecule has 2 aromatic carbocycles. The first-order chi connectivity index (χ1) is 10.4. The van der Waals surface area contributed by atoms with Crippen LogP contribution >= 0.6 is 15.9 Å². The van der Waals surface area contributed by atoms with Crippen LogP contribution in [0.5, 0.6) is 17.2 Å². The second-order valence-corrected chi connectivity index (χ2v) is 5.42. The summed E-state index contributed by atoms with van der Waals surface area (Å²) < 4.78 is 18.9. The predicted molar refractivity (Wildman–Crippen MR) is 80.6 cm³/mol. The SMILES string of the molecule is O=c1cc(-c2ccc(F)c(Br)c2)oc2cc(O)c(O)c(O)c12. The minimum Gasteiger partial charge on any atom is -0.504 e. The number of aromatic hydroxyl groups is 3. The molecule has 22 heavy (non-hydrogen) atoms. The van der Waals surface area contributed by atoms with Crippen LogP contribution in [-0.2, 0) is 0 Å². The summed E-state index contributed by atoms with van der Waals surface area (Å²) in [6, 6.07) is 6.19. The standard InChI is InChI=1S/C15H8BrFO5/c16-7-3-6(1-2-8(7)17)11-4-9(18)13-12(22-11)5-10(19)14(20)15(13)21/h1-5,19-21H. The number of fused-ring (bicyclic) bond motifs is 1. The highest BCUT2D eigenvalue weighted by Crippen LogP contribution is 2.40. The fourth-order valence-corrected chi connectivity index (χ4v) is 2.45. The zero-order valence-corrected chi connectivity index (χ0v) is 12.4. The average molecular weight is 367 g/mol. The molecule has 3 N–H and O–H groups in total. The van der Waals surface area contributed by atoms with E-state index in [0.717, 1.165) is 12.1 Å². The normalized spacial score (nSPS) is 11.0. The zero-order valence-electron chi connectivity index (χ0n) is 10.8. The van der Waals surface area contributed by atoms with Crippen molar-refractivity contribution < 1.29 is 24.1 Å². The Hall–Kier alpha value is -2.54. The topological polar surface area (TPSA) is 90.9 Å². The smallest absolute Gasteiger partial charge is 0.201 e. The van der Waals surface area contributed by atoms with Gasteiger partial charge in [0.25, 0.3) is 0 Å². The lowest BCUT2D eigenvalue weighted by molar-refractivity contribution is 0.370.